The van der Waals surface area contributed by atoms with E-state index in [1.165, 1.54) is 18.2 Å². The third-order valence-electron chi connectivity index (χ3n) is 5.42. The van der Waals surface area contributed by atoms with E-state index in [0.29, 0.717) is 18.5 Å². The molecule has 0 bridgehead atoms. The highest BCUT2D eigenvalue weighted by Crippen LogP contribution is 2.20. The molecule has 2 atom stereocenters. The normalized spacial score (nSPS) is 16.7. The van der Waals surface area contributed by atoms with Crippen molar-refractivity contribution < 1.29 is 23.9 Å². The molecule has 0 saturated carbocycles. The van der Waals surface area contributed by atoms with Gasteiger partial charge in [-0.15, -0.1) is 0 Å². The molecule has 1 heterocycles. The molecule has 0 aliphatic carbocycles. The fourth-order valence-corrected chi connectivity index (χ4v) is 3.77. The second-order valence-electron chi connectivity index (χ2n) is 7.72. The molecule has 2 aromatic carbocycles. The van der Waals surface area contributed by atoms with Crippen LogP contribution in [-0.2, 0) is 22.6 Å². The largest absolute Gasteiger partial charge is 0.478 e. The van der Waals surface area contributed by atoms with Crippen LogP contribution < -0.4 is 11.1 Å². The summed E-state index contributed by atoms with van der Waals surface area (Å²) in [5.41, 5.74) is 7.48. The lowest BCUT2D eigenvalue weighted by atomic mass is 10.0. The number of nitrogens with zero attached hydrogens (tertiary/aromatic N) is 1. The molecule has 7 nitrogen and oxygen atoms in total. The molecule has 4 N–H and O–H groups in total. The maximum Gasteiger partial charge on any atom is 0.335 e. The van der Waals surface area contributed by atoms with Crippen molar-refractivity contribution in [3.05, 3.63) is 71.0 Å². The molecule has 0 radical (unpaired) electrons. The van der Waals surface area contributed by atoms with Crippen molar-refractivity contribution in [2.75, 3.05) is 6.54 Å². The van der Waals surface area contributed by atoms with Crippen molar-refractivity contribution in [3.8, 4) is 0 Å². The van der Waals surface area contributed by atoms with Crippen LogP contribution in [0.1, 0.15) is 40.7 Å². The van der Waals surface area contributed by atoms with Crippen LogP contribution in [0.3, 0.4) is 0 Å². The summed E-state index contributed by atoms with van der Waals surface area (Å²) in [5.74, 6) is -1.83. The molecule has 164 valence electrons. The highest BCUT2D eigenvalue weighted by atomic mass is 19.1. The minimum Gasteiger partial charge on any atom is -0.478 e. The Bertz CT molecular complexity index is 948. The van der Waals surface area contributed by atoms with Crippen LogP contribution >= 0.6 is 0 Å². The number of carboxylic acid groups (broad SMARTS) is 1. The number of nitrogens with one attached hydrogen (secondary N) is 1. The Morgan fingerprint density at radius 1 is 1.16 bits per heavy atom. The number of carboxylic acids is 1. The van der Waals surface area contributed by atoms with E-state index in [-0.39, 0.29) is 42.6 Å². The number of amides is 2. The van der Waals surface area contributed by atoms with E-state index >= 15 is 0 Å². The summed E-state index contributed by atoms with van der Waals surface area (Å²) in [5, 5.41) is 11.8. The zero-order valence-corrected chi connectivity index (χ0v) is 17.1. The first-order valence-corrected chi connectivity index (χ1v) is 10.2. The van der Waals surface area contributed by atoms with E-state index in [9.17, 15) is 18.8 Å². The second-order valence-corrected chi connectivity index (χ2v) is 7.72. The zero-order chi connectivity index (χ0) is 22.4. The molecule has 1 fully saturated rings. The number of carbonyl (C=O) groups is 3. The summed E-state index contributed by atoms with van der Waals surface area (Å²) in [6.07, 6.45) is 1.57. The van der Waals surface area contributed by atoms with Gasteiger partial charge in [0.1, 0.15) is 11.9 Å². The Kier molecular flexibility index (Phi) is 7.36. The number of halogens is 1. The van der Waals surface area contributed by atoms with Crippen LogP contribution in [0.5, 0.6) is 0 Å². The quantitative estimate of drug-likeness (QED) is 0.597. The summed E-state index contributed by atoms with van der Waals surface area (Å²) < 4.78 is 13.8. The minimum atomic E-state index is -1.01. The van der Waals surface area contributed by atoms with Crippen LogP contribution in [0.15, 0.2) is 48.5 Å². The van der Waals surface area contributed by atoms with Crippen LogP contribution in [0.25, 0.3) is 0 Å². The predicted octanol–water partition coefficient (Wildman–Crippen LogP) is 2.09. The molecule has 2 amide bonds. The molecule has 0 aromatic heterocycles. The zero-order valence-electron chi connectivity index (χ0n) is 17.1. The molecule has 1 aliphatic rings. The molecular formula is C23H26FN3O4. The fourth-order valence-electron chi connectivity index (χ4n) is 3.77. The summed E-state index contributed by atoms with van der Waals surface area (Å²) in [7, 11) is 0. The molecule has 8 heteroatoms. The van der Waals surface area contributed by atoms with Crippen molar-refractivity contribution in [2.45, 2.75) is 44.3 Å². The third kappa shape index (κ3) is 5.88. The first kappa shape index (κ1) is 22.4. The maximum absolute atomic E-state index is 13.8. The van der Waals surface area contributed by atoms with Gasteiger partial charge < -0.3 is 21.1 Å². The lowest BCUT2D eigenvalue weighted by Gasteiger charge is -2.25. The van der Waals surface area contributed by atoms with Gasteiger partial charge in [0.15, 0.2) is 0 Å². The van der Waals surface area contributed by atoms with Gasteiger partial charge in [-0.2, -0.15) is 0 Å². The number of nitrogens with two attached hydrogens (primary N) is 1. The van der Waals surface area contributed by atoms with Crippen LogP contribution in [-0.4, -0.2) is 46.4 Å². The highest BCUT2D eigenvalue weighted by Gasteiger charge is 2.34. The Hall–Kier alpha value is -3.26. The van der Waals surface area contributed by atoms with Crippen molar-refractivity contribution >= 4 is 17.8 Å². The average molecular weight is 427 g/mol. The van der Waals surface area contributed by atoms with Crippen molar-refractivity contribution in [1.82, 2.24) is 10.2 Å². The van der Waals surface area contributed by atoms with Gasteiger partial charge in [0.05, 0.1) is 5.56 Å². The number of benzene rings is 2. The van der Waals surface area contributed by atoms with E-state index in [2.05, 4.69) is 5.32 Å². The van der Waals surface area contributed by atoms with Gasteiger partial charge in [0, 0.05) is 25.6 Å². The summed E-state index contributed by atoms with van der Waals surface area (Å²) in [6, 6.07) is 11.5. The van der Waals surface area contributed by atoms with Crippen molar-refractivity contribution in [2.24, 2.45) is 5.73 Å². The van der Waals surface area contributed by atoms with Crippen LogP contribution in [0.4, 0.5) is 4.39 Å². The van der Waals surface area contributed by atoms with Gasteiger partial charge in [-0.25, -0.2) is 9.18 Å². The molecule has 0 spiro atoms. The molecular weight excluding hydrogens is 401 g/mol. The molecule has 1 saturated heterocycles. The molecule has 3 rings (SSSR count). The first-order chi connectivity index (χ1) is 14.8. The molecule has 1 unspecified atom stereocenters. The second kappa shape index (κ2) is 10.2. The summed E-state index contributed by atoms with van der Waals surface area (Å²) >= 11 is 0. The highest BCUT2D eigenvalue weighted by molar-refractivity contribution is 5.89. The average Bonchev–Trinajstić information content (AvgIpc) is 3.24. The smallest absolute Gasteiger partial charge is 0.335 e. The van der Waals surface area contributed by atoms with E-state index in [0.717, 1.165) is 12.0 Å². The summed E-state index contributed by atoms with van der Waals surface area (Å²) in [4.78, 5) is 37.8. The number of rotatable bonds is 8. The van der Waals surface area contributed by atoms with E-state index in [1.54, 1.807) is 35.2 Å². The van der Waals surface area contributed by atoms with Gasteiger partial charge >= 0.3 is 5.97 Å². The van der Waals surface area contributed by atoms with E-state index in [1.807, 2.05) is 0 Å². The van der Waals surface area contributed by atoms with Gasteiger partial charge in [-0.05, 0) is 48.6 Å². The monoisotopic (exact) mass is 427 g/mol. The molecule has 31 heavy (non-hydrogen) atoms. The topological polar surface area (TPSA) is 113 Å². The Morgan fingerprint density at radius 3 is 2.55 bits per heavy atom. The Morgan fingerprint density at radius 2 is 1.87 bits per heavy atom. The fraction of sp³-hybridized carbons (Fsp3) is 0.348. The number of aromatic carboxylic acids is 1. The number of hydrogen-bond donors (Lipinski definition) is 3. The van der Waals surface area contributed by atoms with Gasteiger partial charge in [0.25, 0.3) is 0 Å². The predicted molar refractivity (Wildman–Crippen MR) is 113 cm³/mol. The standard InChI is InChI=1S/C23H26FN3O4/c24-19-5-2-1-4-17(19)12-18(25)13-21(28)27-11-3-6-20(27)22(29)26-14-15-7-9-16(10-8-15)23(30)31/h1-2,4-5,7-10,18,20H,3,6,11-14,25H2,(H,26,29)(H,30,31)/t18?,20-/m0/s1. The summed E-state index contributed by atoms with van der Waals surface area (Å²) in [6.45, 7) is 0.723. The number of carbonyl (C=O) groups excluding carboxylic acids is 2. The van der Waals surface area contributed by atoms with E-state index < -0.39 is 18.1 Å². The van der Waals surface area contributed by atoms with Crippen LogP contribution in [0, 0.1) is 5.82 Å². The molecule has 1 aliphatic heterocycles. The van der Waals surface area contributed by atoms with Crippen LogP contribution in [0.2, 0.25) is 0 Å². The molecule has 2 aromatic rings. The number of hydrogen-bond acceptors (Lipinski definition) is 4. The first-order valence-electron chi connectivity index (χ1n) is 10.2. The lowest BCUT2D eigenvalue weighted by molar-refractivity contribution is -0.138. The van der Waals surface area contributed by atoms with Gasteiger partial charge in [-0.3, -0.25) is 9.59 Å². The Balaban J connectivity index is 1.53. The SMILES string of the molecule is NC(CC(=O)N1CCC[C@H]1C(=O)NCc1ccc(C(=O)O)cc1)Cc1ccccc1F. The lowest BCUT2D eigenvalue weighted by Crippen LogP contribution is -2.47. The minimum absolute atomic E-state index is 0.0365. The van der Waals surface area contributed by atoms with Crippen molar-refractivity contribution in [3.63, 3.8) is 0 Å². The maximum atomic E-state index is 13.8. The van der Waals surface area contributed by atoms with Gasteiger partial charge in [-0.1, -0.05) is 30.3 Å². The van der Waals surface area contributed by atoms with Crippen molar-refractivity contribution in [1.29, 1.82) is 0 Å². The van der Waals surface area contributed by atoms with E-state index in [4.69, 9.17) is 10.8 Å². The number of likely N-dealkylation sites (tertiary alicyclic amines) is 1. The van der Waals surface area contributed by atoms with Gasteiger partial charge in [0.2, 0.25) is 11.8 Å². The Labute approximate surface area is 180 Å². The third-order valence-corrected chi connectivity index (χ3v) is 5.42.